The molecule has 1 nitrogen and oxygen atoms in total. The molecular weight excluding hydrogens is 254 g/mol. The molecule has 1 atom stereocenters. The molecule has 0 saturated carbocycles. The van der Waals surface area contributed by atoms with Gasteiger partial charge in [-0.3, -0.25) is 0 Å². The maximum atomic E-state index is 3.49. The SMILES string of the molecule is CNC(c1cc(C)ccc1C)c1cccc2ccccc12. The summed E-state index contributed by atoms with van der Waals surface area (Å²) in [6.45, 7) is 4.34. The Morgan fingerprint density at radius 3 is 2.38 bits per heavy atom. The van der Waals surface area contributed by atoms with E-state index in [-0.39, 0.29) is 6.04 Å². The second kappa shape index (κ2) is 5.71. The molecule has 0 aliphatic rings. The highest BCUT2D eigenvalue weighted by Gasteiger charge is 2.16. The normalized spacial score (nSPS) is 12.5. The molecule has 0 saturated heterocycles. The Balaban J connectivity index is 2.21. The minimum absolute atomic E-state index is 0.219. The summed E-state index contributed by atoms with van der Waals surface area (Å²) in [5.41, 5.74) is 5.32. The maximum absolute atomic E-state index is 3.49. The Labute approximate surface area is 126 Å². The molecule has 0 aliphatic carbocycles. The van der Waals surface area contributed by atoms with E-state index < -0.39 is 0 Å². The number of benzene rings is 3. The van der Waals surface area contributed by atoms with Crippen LogP contribution in [0.5, 0.6) is 0 Å². The molecule has 1 N–H and O–H groups in total. The van der Waals surface area contributed by atoms with Crippen LogP contribution in [0.15, 0.2) is 60.7 Å². The van der Waals surface area contributed by atoms with Crippen molar-refractivity contribution in [3.63, 3.8) is 0 Å². The predicted molar refractivity (Wildman–Crippen MR) is 90.8 cm³/mol. The van der Waals surface area contributed by atoms with Crippen LogP contribution in [0.4, 0.5) is 0 Å². The number of aryl methyl sites for hydroxylation is 2. The number of hydrogen-bond donors (Lipinski definition) is 1. The van der Waals surface area contributed by atoms with Gasteiger partial charge in [0.2, 0.25) is 0 Å². The highest BCUT2D eigenvalue weighted by molar-refractivity contribution is 5.86. The van der Waals surface area contributed by atoms with Gasteiger partial charge in [-0.05, 0) is 48.4 Å². The van der Waals surface area contributed by atoms with E-state index in [2.05, 4.69) is 79.8 Å². The maximum Gasteiger partial charge on any atom is 0.0583 e. The summed E-state index contributed by atoms with van der Waals surface area (Å²) in [7, 11) is 2.04. The molecule has 3 aromatic rings. The molecule has 1 heteroatoms. The van der Waals surface area contributed by atoms with E-state index in [1.54, 1.807) is 0 Å². The standard InChI is InChI=1S/C20H21N/c1-14-11-12-15(2)19(13-14)20(21-3)18-10-6-8-16-7-4-5-9-17(16)18/h4-13,20-21H,1-3H3. The first-order valence-corrected chi connectivity index (χ1v) is 7.43. The second-order valence-corrected chi connectivity index (χ2v) is 5.65. The van der Waals surface area contributed by atoms with E-state index in [0.717, 1.165) is 0 Å². The Morgan fingerprint density at radius 2 is 1.57 bits per heavy atom. The van der Waals surface area contributed by atoms with Crippen molar-refractivity contribution in [2.45, 2.75) is 19.9 Å². The zero-order chi connectivity index (χ0) is 14.8. The van der Waals surface area contributed by atoms with E-state index in [9.17, 15) is 0 Å². The third-order valence-corrected chi connectivity index (χ3v) is 4.17. The number of rotatable bonds is 3. The largest absolute Gasteiger partial charge is 0.309 e. The van der Waals surface area contributed by atoms with Gasteiger partial charge in [0, 0.05) is 0 Å². The van der Waals surface area contributed by atoms with Gasteiger partial charge in [-0.1, -0.05) is 66.2 Å². The van der Waals surface area contributed by atoms with Crippen molar-refractivity contribution in [1.82, 2.24) is 5.32 Å². The highest BCUT2D eigenvalue weighted by Crippen LogP contribution is 2.30. The topological polar surface area (TPSA) is 12.0 Å². The lowest BCUT2D eigenvalue weighted by atomic mass is 9.90. The Hall–Kier alpha value is -2.12. The van der Waals surface area contributed by atoms with E-state index in [0.29, 0.717) is 0 Å². The van der Waals surface area contributed by atoms with Crippen molar-refractivity contribution in [2.24, 2.45) is 0 Å². The molecule has 0 aromatic heterocycles. The lowest BCUT2D eigenvalue weighted by molar-refractivity contribution is 0.692. The number of fused-ring (bicyclic) bond motifs is 1. The fraction of sp³-hybridized carbons (Fsp3) is 0.200. The number of nitrogens with one attached hydrogen (secondary N) is 1. The van der Waals surface area contributed by atoms with Crippen LogP contribution in [-0.2, 0) is 0 Å². The summed E-state index contributed by atoms with van der Waals surface area (Å²) < 4.78 is 0. The molecule has 0 spiro atoms. The third kappa shape index (κ3) is 2.57. The fourth-order valence-electron chi connectivity index (χ4n) is 3.05. The van der Waals surface area contributed by atoms with Crippen LogP contribution in [0.2, 0.25) is 0 Å². The Bertz CT molecular complexity index is 768. The van der Waals surface area contributed by atoms with Crippen molar-refractivity contribution in [2.75, 3.05) is 7.05 Å². The van der Waals surface area contributed by atoms with Crippen molar-refractivity contribution >= 4 is 10.8 Å². The van der Waals surface area contributed by atoms with Gasteiger partial charge in [-0.15, -0.1) is 0 Å². The monoisotopic (exact) mass is 275 g/mol. The molecular formula is C20H21N. The quantitative estimate of drug-likeness (QED) is 0.726. The van der Waals surface area contributed by atoms with Crippen molar-refractivity contribution in [1.29, 1.82) is 0 Å². The molecule has 0 radical (unpaired) electrons. The average Bonchev–Trinajstić information content (AvgIpc) is 2.51. The molecule has 21 heavy (non-hydrogen) atoms. The molecule has 0 amide bonds. The third-order valence-electron chi connectivity index (χ3n) is 4.17. The minimum atomic E-state index is 0.219. The fourth-order valence-corrected chi connectivity index (χ4v) is 3.05. The second-order valence-electron chi connectivity index (χ2n) is 5.65. The van der Waals surface area contributed by atoms with Crippen LogP contribution in [0.3, 0.4) is 0 Å². The molecule has 0 fully saturated rings. The van der Waals surface area contributed by atoms with Crippen LogP contribution in [-0.4, -0.2) is 7.05 Å². The summed E-state index contributed by atoms with van der Waals surface area (Å²) >= 11 is 0. The minimum Gasteiger partial charge on any atom is -0.309 e. The van der Waals surface area contributed by atoms with Crippen LogP contribution in [0.25, 0.3) is 10.8 Å². The molecule has 1 unspecified atom stereocenters. The summed E-state index contributed by atoms with van der Waals surface area (Å²) in [5, 5.41) is 6.11. The zero-order valence-corrected chi connectivity index (χ0v) is 12.9. The van der Waals surface area contributed by atoms with E-state index >= 15 is 0 Å². The summed E-state index contributed by atoms with van der Waals surface area (Å²) in [6.07, 6.45) is 0. The lowest BCUT2D eigenvalue weighted by Gasteiger charge is -2.21. The van der Waals surface area contributed by atoms with Gasteiger partial charge in [-0.2, -0.15) is 0 Å². The first kappa shape index (κ1) is 13.8. The highest BCUT2D eigenvalue weighted by atomic mass is 14.9. The smallest absolute Gasteiger partial charge is 0.0583 e. The van der Waals surface area contributed by atoms with E-state index in [1.165, 1.54) is 33.0 Å². The van der Waals surface area contributed by atoms with Crippen molar-refractivity contribution < 1.29 is 0 Å². The van der Waals surface area contributed by atoms with Crippen LogP contribution >= 0.6 is 0 Å². The van der Waals surface area contributed by atoms with Crippen LogP contribution < -0.4 is 5.32 Å². The van der Waals surface area contributed by atoms with Gasteiger partial charge in [-0.25, -0.2) is 0 Å². The lowest BCUT2D eigenvalue weighted by Crippen LogP contribution is -2.19. The van der Waals surface area contributed by atoms with E-state index in [1.807, 2.05) is 7.05 Å². The predicted octanol–water partition coefficient (Wildman–Crippen LogP) is 4.77. The first-order valence-electron chi connectivity index (χ1n) is 7.43. The van der Waals surface area contributed by atoms with Gasteiger partial charge < -0.3 is 5.32 Å². The molecule has 0 aliphatic heterocycles. The van der Waals surface area contributed by atoms with Crippen LogP contribution in [0.1, 0.15) is 28.3 Å². The van der Waals surface area contributed by atoms with Gasteiger partial charge in [0.15, 0.2) is 0 Å². The zero-order valence-electron chi connectivity index (χ0n) is 12.9. The average molecular weight is 275 g/mol. The summed E-state index contributed by atoms with van der Waals surface area (Å²) in [4.78, 5) is 0. The Morgan fingerprint density at radius 1 is 0.810 bits per heavy atom. The van der Waals surface area contributed by atoms with E-state index in [4.69, 9.17) is 0 Å². The summed E-state index contributed by atoms with van der Waals surface area (Å²) in [6, 6.07) is 22.0. The van der Waals surface area contributed by atoms with Gasteiger partial charge in [0.25, 0.3) is 0 Å². The number of hydrogen-bond acceptors (Lipinski definition) is 1. The van der Waals surface area contributed by atoms with Gasteiger partial charge >= 0.3 is 0 Å². The Kier molecular flexibility index (Phi) is 3.76. The molecule has 0 heterocycles. The summed E-state index contributed by atoms with van der Waals surface area (Å²) in [5.74, 6) is 0. The molecule has 106 valence electrons. The molecule has 3 aromatic carbocycles. The molecule has 3 rings (SSSR count). The van der Waals surface area contributed by atoms with Crippen LogP contribution in [0, 0.1) is 13.8 Å². The first-order chi connectivity index (χ1) is 10.2. The van der Waals surface area contributed by atoms with Crippen molar-refractivity contribution in [3.05, 3.63) is 82.9 Å². The van der Waals surface area contributed by atoms with Gasteiger partial charge in [0.1, 0.15) is 0 Å². The van der Waals surface area contributed by atoms with Crippen molar-refractivity contribution in [3.8, 4) is 0 Å². The van der Waals surface area contributed by atoms with Gasteiger partial charge in [0.05, 0.1) is 6.04 Å². The molecule has 0 bridgehead atoms.